The number of halogens is 1. The van der Waals surface area contributed by atoms with E-state index in [-0.39, 0.29) is 24.0 Å². The Balaban J connectivity index is 0.00000162. The highest BCUT2D eigenvalue weighted by molar-refractivity contribution is 14.0. The zero-order valence-electron chi connectivity index (χ0n) is 11.0. The topological polar surface area (TPSA) is 49.6 Å². The Labute approximate surface area is 126 Å². The maximum atomic E-state index is 5.02. The molecule has 0 saturated heterocycles. The summed E-state index contributed by atoms with van der Waals surface area (Å²) in [5.74, 6) is 0.891. The second-order valence-electron chi connectivity index (χ2n) is 4.99. The van der Waals surface area contributed by atoms with Crippen LogP contribution in [-0.4, -0.2) is 19.0 Å². The quantitative estimate of drug-likeness (QED) is 0.481. The third-order valence-corrected chi connectivity index (χ3v) is 3.13. The maximum Gasteiger partial charge on any atom is 0.191 e. The smallest absolute Gasteiger partial charge is 0.191 e. The molecule has 0 amide bonds. The van der Waals surface area contributed by atoms with Gasteiger partial charge in [0.25, 0.3) is 0 Å². The van der Waals surface area contributed by atoms with Crippen LogP contribution in [0.15, 0.2) is 28.0 Å². The highest BCUT2D eigenvalue weighted by Gasteiger charge is 2.36. The van der Waals surface area contributed by atoms with Gasteiger partial charge in [-0.25, -0.2) is 4.99 Å². The van der Waals surface area contributed by atoms with Gasteiger partial charge in [0.05, 0.1) is 19.1 Å². The lowest BCUT2D eigenvalue weighted by Gasteiger charge is -2.14. The van der Waals surface area contributed by atoms with Crippen LogP contribution in [0.1, 0.15) is 32.3 Å². The van der Waals surface area contributed by atoms with Crippen LogP contribution >= 0.6 is 24.0 Å². The normalized spacial score (nSPS) is 16.9. The molecule has 1 aliphatic rings. The van der Waals surface area contributed by atoms with E-state index in [0.29, 0.717) is 12.0 Å². The minimum absolute atomic E-state index is 0. The van der Waals surface area contributed by atoms with Crippen molar-refractivity contribution in [2.24, 2.45) is 10.4 Å². The Morgan fingerprint density at radius 1 is 1.44 bits per heavy atom. The second kappa shape index (κ2) is 7.01. The first-order valence-electron chi connectivity index (χ1n) is 6.25. The molecule has 102 valence electrons. The molecule has 1 aliphatic carbocycles. The van der Waals surface area contributed by atoms with Crippen molar-refractivity contribution in [3.63, 3.8) is 0 Å². The number of aliphatic imine (C=N–C) groups is 1. The lowest BCUT2D eigenvalue weighted by atomic mass is 10.1. The number of hydrogen-bond donors (Lipinski definition) is 2. The minimum atomic E-state index is 0. The molecule has 0 unspecified atom stereocenters. The van der Waals surface area contributed by atoms with E-state index < -0.39 is 0 Å². The van der Waals surface area contributed by atoms with Crippen molar-refractivity contribution in [1.82, 2.24) is 10.6 Å². The lowest BCUT2D eigenvalue weighted by Crippen LogP contribution is -2.39. The van der Waals surface area contributed by atoms with Gasteiger partial charge in [-0.05, 0) is 31.2 Å². The van der Waals surface area contributed by atoms with E-state index in [2.05, 4.69) is 29.5 Å². The van der Waals surface area contributed by atoms with E-state index in [9.17, 15) is 0 Å². The van der Waals surface area contributed by atoms with Gasteiger partial charge in [0.15, 0.2) is 5.96 Å². The van der Waals surface area contributed by atoms with Gasteiger partial charge >= 0.3 is 0 Å². The summed E-state index contributed by atoms with van der Waals surface area (Å²) in [6.07, 6.45) is 6.05. The Hall–Kier alpha value is -0.720. The Morgan fingerprint density at radius 3 is 2.78 bits per heavy atom. The highest BCUT2D eigenvalue weighted by atomic mass is 127. The van der Waals surface area contributed by atoms with Crippen molar-refractivity contribution in [3.05, 3.63) is 24.2 Å². The van der Waals surface area contributed by atoms with Gasteiger partial charge in [-0.3, -0.25) is 0 Å². The molecule has 2 N–H and O–H groups in total. The Kier molecular flexibility index (Phi) is 5.98. The van der Waals surface area contributed by atoms with Gasteiger partial charge in [0.1, 0.15) is 0 Å². The third-order valence-electron chi connectivity index (χ3n) is 3.13. The molecule has 5 heteroatoms. The highest BCUT2D eigenvalue weighted by Crippen LogP contribution is 2.43. The number of rotatable bonds is 5. The van der Waals surface area contributed by atoms with Gasteiger partial charge in [0.2, 0.25) is 0 Å². The van der Waals surface area contributed by atoms with Crippen molar-refractivity contribution < 1.29 is 4.42 Å². The average Bonchev–Trinajstić information content (AvgIpc) is 2.85. The van der Waals surface area contributed by atoms with Crippen LogP contribution in [0.25, 0.3) is 0 Å². The van der Waals surface area contributed by atoms with Crippen LogP contribution in [0.3, 0.4) is 0 Å². The van der Waals surface area contributed by atoms with E-state index in [1.807, 2.05) is 6.07 Å². The van der Waals surface area contributed by atoms with Gasteiger partial charge in [-0.15, -0.1) is 24.0 Å². The zero-order valence-corrected chi connectivity index (χ0v) is 13.4. The van der Waals surface area contributed by atoms with Gasteiger partial charge in [0, 0.05) is 18.7 Å². The summed E-state index contributed by atoms with van der Waals surface area (Å²) in [6.45, 7) is 6.92. The fourth-order valence-corrected chi connectivity index (χ4v) is 1.58. The largest absolute Gasteiger partial charge is 0.472 e. The first kappa shape index (κ1) is 15.3. The summed E-state index contributed by atoms with van der Waals surface area (Å²) in [7, 11) is 0. The van der Waals surface area contributed by atoms with Crippen molar-refractivity contribution in [2.75, 3.05) is 13.1 Å². The molecule has 4 nitrogen and oxygen atoms in total. The van der Waals surface area contributed by atoms with Crippen molar-refractivity contribution in [1.29, 1.82) is 0 Å². The second-order valence-corrected chi connectivity index (χ2v) is 4.99. The van der Waals surface area contributed by atoms with Gasteiger partial charge in [-0.1, -0.05) is 6.92 Å². The molecule has 1 aromatic heterocycles. The monoisotopic (exact) mass is 363 g/mol. The fourth-order valence-electron chi connectivity index (χ4n) is 1.58. The summed E-state index contributed by atoms with van der Waals surface area (Å²) >= 11 is 0. The van der Waals surface area contributed by atoms with Crippen molar-refractivity contribution in [2.45, 2.75) is 33.2 Å². The lowest BCUT2D eigenvalue weighted by molar-refractivity contribution is 0.549. The first-order chi connectivity index (χ1) is 8.22. The zero-order chi connectivity index (χ0) is 12.1. The van der Waals surface area contributed by atoms with E-state index in [4.69, 9.17) is 4.42 Å². The summed E-state index contributed by atoms with van der Waals surface area (Å²) in [4.78, 5) is 4.52. The molecule has 0 atom stereocenters. The van der Waals surface area contributed by atoms with Gasteiger partial charge in [-0.2, -0.15) is 0 Å². The molecular formula is C13H22IN3O. The summed E-state index contributed by atoms with van der Waals surface area (Å²) in [6, 6.07) is 1.94. The number of hydrogen-bond acceptors (Lipinski definition) is 2. The average molecular weight is 363 g/mol. The standard InChI is InChI=1S/C13H21N3O.HI/c1-3-14-12(16-10-13(2)5-6-13)15-8-11-4-7-17-9-11;/h4,7,9H,3,5-6,8,10H2,1-2H3,(H2,14,15,16);1H. The predicted octanol–water partition coefficient (Wildman–Crippen LogP) is 2.75. The molecular weight excluding hydrogens is 341 g/mol. The minimum Gasteiger partial charge on any atom is -0.472 e. The molecule has 0 bridgehead atoms. The summed E-state index contributed by atoms with van der Waals surface area (Å²) in [5, 5.41) is 6.65. The number of nitrogens with one attached hydrogen (secondary N) is 2. The van der Waals surface area contributed by atoms with Crippen LogP contribution in [-0.2, 0) is 6.54 Å². The van der Waals surface area contributed by atoms with Crippen LogP contribution in [0, 0.1) is 5.41 Å². The van der Waals surface area contributed by atoms with Crippen molar-refractivity contribution in [3.8, 4) is 0 Å². The first-order valence-corrected chi connectivity index (χ1v) is 6.25. The SMILES string of the molecule is CCNC(=NCc1ccoc1)NCC1(C)CC1.I. The summed E-state index contributed by atoms with van der Waals surface area (Å²) < 4.78 is 5.02. The van der Waals surface area contributed by atoms with E-state index in [0.717, 1.165) is 24.6 Å². The molecule has 1 heterocycles. The molecule has 0 radical (unpaired) electrons. The third kappa shape index (κ3) is 4.88. The number of furan rings is 1. The Morgan fingerprint density at radius 2 is 2.22 bits per heavy atom. The molecule has 0 aromatic carbocycles. The molecule has 1 aromatic rings. The van der Waals surface area contributed by atoms with Gasteiger partial charge < -0.3 is 15.1 Å². The van der Waals surface area contributed by atoms with Crippen LogP contribution in [0.5, 0.6) is 0 Å². The van der Waals surface area contributed by atoms with Crippen LogP contribution < -0.4 is 10.6 Å². The number of guanidine groups is 1. The molecule has 1 saturated carbocycles. The van der Waals surface area contributed by atoms with Crippen molar-refractivity contribution >= 4 is 29.9 Å². The Bertz CT molecular complexity index is 372. The van der Waals surface area contributed by atoms with E-state index in [1.54, 1.807) is 12.5 Å². The van der Waals surface area contributed by atoms with Crippen LogP contribution in [0.2, 0.25) is 0 Å². The number of nitrogens with zero attached hydrogens (tertiary/aromatic N) is 1. The fraction of sp³-hybridized carbons (Fsp3) is 0.615. The van der Waals surface area contributed by atoms with E-state index >= 15 is 0 Å². The molecule has 18 heavy (non-hydrogen) atoms. The molecule has 1 fully saturated rings. The summed E-state index contributed by atoms with van der Waals surface area (Å²) in [5.41, 5.74) is 1.59. The van der Waals surface area contributed by atoms with E-state index in [1.165, 1.54) is 12.8 Å². The van der Waals surface area contributed by atoms with Crippen LogP contribution in [0.4, 0.5) is 0 Å². The maximum absolute atomic E-state index is 5.02. The molecule has 0 aliphatic heterocycles. The predicted molar refractivity (Wildman–Crippen MR) is 84.3 cm³/mol. The molecule has 2 rings (SSSR count). The molecule has 0 spiro atoms.